The van der Waals surface area contributed by atoms with Crippen LogP contribution in [-0.2, 0) is 33.9 Å². The molecule has 0 aromatic heterocycles. The van der Waals surface area contributed by atoms with E-state index in [1.807, 2.05) is 24.3 Å². The molecule has 2 aromatic rings. The van der Waals surface area contributed by atoms with Crippen molar-refractivity contribution in [2.45, 2.75) is 72.0 Å². The van der Waals surface area contributed by atoms with Gasteiger partial charge < -0.3 is 15.0 Å². The molecule has 0 radical (unpaired) electrons. The third-order valence-electron chi connectivity index (χ3n) is 6.12. The van der Waals surface area contributed by atoms with E-state index in [-0.39, 0.29) is 29.8 Å². The van der Waals surface area contributed by atoms with E-state index in [4.69, 9.17) is 0 Å². The Morgan fingerprint density at radius 3 is 2.27 bits per heavy atom. The molecular weight excluding hydrogens is 416 g/mol. The monoisotopic (exact) mass is 448 g/mol. The van der Waals surface area contributed by atoms with Crippen molar-refractivity contribution in [3.63, 3.8) is 0 Å². The fourth-order valence-corrected chi connectivity index (χ4v) is 4.15. The zero-order chi connectivity index (χ0) is 24.1. The molecule has 2 amide bonds. The quantitative estimate of drug-likeness (QED) is 0.597. The highest BCUT2D eigenvalue weighted by Gasteiger charge is 2.34. The first-order valence-corrected chi connectivity index (χ1v) is 11.4. The maximum atomic E-state index is 12.9. The largest absolute Gasteiger partial charge is 0.352 e. The summed E-state index contributed by atoms with van der Waals surface area (Å²) in [5.41, 5.74) is 4.52. The maximum absolute atomic E-state index is 12.9. The Balaban J connectivity index is 1.60. The minimum atomic E-state index is -0.598. The first kappa shape index (κ1) is 24.4. The van der Waals surface area contributed by atoms with Gasteiger partial charge in [-0.15, -0.1) is 0 Å². The molecule has 0 saturated heterocycles. The van der Waals surface area contributed by atoms with E-state index in [9.17, 15) is 19.2 Å². The summed E-state index contributed by atoms with van der Waals surface area (Å²) in [7, 11) is 0. The molecule has 0 saturated carbocycles. The summed E-state index contributed by atoms with van der Waals surface area (Å²) >= 11 is 0. The van der Waals surface area contributed by atoms with Gasteiger partial charge in [0.1, 0.15) is 5.78 Å². The molecule has 174 valence electrons. The number of benzene rings is 2. The number of amides is 2. The van der Waals surface area contributed by atoms with Gasteiger partial charge in [-0.05, 0) is 54.5 Å². The van der Waals surface area contributed by atoms with Crippen LogP contribution in [0, 0.1) is 0 Å². The molecule has 0 spiro atoms. The molecule has 3 rings (SSSR count). The SMILES string of the molecule is CC(=O)CCC(C(C)=O)N1Cc2cc(CNC(=O)Cc3ccc(C(C)C)cc3)ccc2C1=O. The minimum Gasteiger partial charge on any atom is -0.352 e. The Bertz CT molecular complexity index is 1060. The van der Waals surface area contributed by atoms with Crippen LogP contribution in [-0.4, -0.2) is 34.3 Å². The van der Waals surface area contributed by atoms with Gasteiger partial charge >= 0.3 is 0 Å². The number of rotatable bonds is 10. The van der Waals surface area contributed by atoms with Crippen LogP contribution in [0.25, 0.3) is 0 Å². The molecule has 1 heterocycles. The summed E-state index contributed by atoms with van der Waals surface area (Å²) in [5.74, 6) is 0.0848. The third-order valence-corrected chi connectivity index (χ3v) is 6.12. The van der Waals surface area contributed by atoms with Crippen molar-refractivity contribution in [2.75, 3.05) is 0 Å². The fraction of sp³-hybridized carbons (Fsp3) is 0.407. The molecule has 0 fully saturated rings. The summed E-state index contributed by atoms with van der Waals surface area (Å²) < 4.78 is 0. The molecule has 6 nitrogen and oxygen atoms in total. The number of Topliss-reactive ketones (excluding diaryl/α,β-unsaturated/α-hetero) is 2. The van der Waals surface area contributed by atoms with Crippen LogP contribution in [0.5, 0.6) is 0 Å². The smallest absolute Gasteiger partial charge is 0.255 e. The number of carbonyl (C=O) groups is 4. The second-order valence-electron chi connectivity index (χ2n) is 9.14. The molecule has 0 aliphatic carbocycles. The first-order chi connectivity index (χ1) is 15.7. The summed E-state index contributed by atoms with van der Waals surface area (Å²) in [5, 5.41) is 2.94. The van der Waals surface area contributed by atoms with Crippen LogP contribution in [0.15, 0.2) is 42.5 Å². The number of hydrogen-bond acceptors (Lipinski definition) is 4. The van der Waals surface area contributed by atoms with Crippen molar-refractivity contribution in [3.05, 3.63) is 70.3 Å². The lowest BCUT2D eigenvalue weighted by atomic mass is 10.0. The van der Waals surface area contributed by atoms with Gasteiger partial charge in [0.15, 0.2) is 5.78 Å². The molecule has 1 atom stereocenters. The molecule has 1 aliphatic heterocycles. The molecule has 1 aliphatic rings. The lowest BCUT2D eigenvalue weighted by molar-refractivity contribution is -0.122. The summed E-state index contributed by atoms with van der Waals surface area (Å²) in [6.07, 6.45) is 0.916. The van der Waals surface area contributed by atoms with Gasteiger partial charge in [0.2, 0.25) is 5.91 Å². The van der Waals surface area contributed by atoms with E-state index >= 15 is 0 Å². The van der Waals surface area contributed by atoms with E-state index in [0.29, 0.717) is 37.4 Å². The Labute approximate surface area is 195 Å². The van der Waals surface area contributed by atoms with Crippen LogP contribution in [0.3, 0.4) is 0 Å². The minimum absolute atomic E-state index is 0.000645. The van der Waals surface area contributed by atoms with Crippen LogP contribution in [0.1, 0.15) is 79.1 Å². The van der Waals surface area contributed by atoms with Gasteiger partial charge in [-0.2, -0.15) is 0 Å². The zero-order valence-electron chi connectivity index (χ0n) is 19.8. The van der Waals surface area contributed by atoms with Gasteiger partial charge in [-0.1, -0.05) is 50.2 Å². The zero-order valence-corrected chi connectivity index (χ0v) is 19.8. The van der Waals surface area contributed by atoms with Crippen LogP contribution in [0.4, 0.5) is 0 Å². The second-order valence-corrected chi connectivity index (χ2v) is 9.14. The van der Waals surface area contributed by atoms with Crippen molar-refractivity contribution in [1.82, 2.24) is 10.2 Å². The Morgan fingerprint density at radius 1 is 1.00 bits per heavy atom. The van der Waals surface area contributed by atoms with E-state index < -0.39 is 6.04 Å². The van der Waals surface area contributed by atoms with E-state index in [1.54, 1.807) is 11.0 Å². The highest BCUT2D eigenvalue weighted by molar-refractivity contribution is 6.01. The summed E-state index contributed by atoms with van der Waals surface area (Å²) in [4.78, 5) is 50.3. The number of hydrogen-bond donors (Lipinski definition) is 1. The summed E-state index contributed by atoms with van der Waals surface area (Å²) in [6, 6.07) is 13.0. The highest BCUT2D eigenvalue weighted by Crippen LogP contribution is 2.27. The molecule has 1 N–H and O–H groups in total. The van der Waals surface area contributed by atoms with Crippen molar-refractivity contribution >= 4 is 23.4 Å². The number of nitrogens with one attached hydrogen (secondary N) is 1. The van der Waals surface area contributed by atoms with Crippen molar-refractivity contribution in [3.8, 4) is 0 Å². The van der Waals surface area contributed by atoms with E-state index in [2.05, 4.69) is 31.3 Å². The van der Waals surface area contributed by atoms with Crippen molar-refractivity contribution < 1.29 is 19.2 Å². The predicted molar refractivity (Wildman–Crippen MR) is 127 cm³/mol. The van der Waals surface area contributed by atoms with Crippen molar-refractivity contribution in [2.24, 2.45) is 0 Å². The molecule has 33 heavy (non-hydrogen) atoms. The summed E-state index contributed by atoms with van der Waals surface area (Å²) in [6.45, 7) is 7.91. The van der Waals surface area contributed by atoms with Gasteiger partial charge in [0.25, 0.3) is 5.91 Å². The third kappa shape index (κ3) is 6.15. The Morgan fingerprint density at radius 2 is 1.67 bits per heavy atom. The fourth-order valence-electron chi connectivity index (χ4n) is 4.15. The standard InChI is InChI=1S/C27H32N2O4/c1-17(2)22-9-6-20(7-10-22)14-26(32)28-15-21-8-11-24-23(13-21)16-29(27(24)33)25(19(4)31)12-5-18(3)30/h6-11,13,17,25H,5,12,14-16H2,1-4H3,(H,28,32). The van der Waals surface area contributed by atoms with E-state index in [0.717, 1.165) is 16.7 Å². The second kappa shape index (κ2) is 10.6. The van der Waals surface area contributed by atoms with Gasteiger partial charge in [0, 0.05) is 25.1 Å². The van der Waals surface area contributed by atoms with Crippen LogP contribution in [0.2, 0.25) is 0 Å². The normalized spacial score (nSPS) is 13.7. The van der Waals surface area contributed by atoms with Gasteiger partial charge in [0.05, 0.1) is 12.5 Å². The average molecular weight is 449 g/mol. The van der Waals surface area contributed by atoms with Crippen LogP contribution >= 0.6 is 0 Å². The Kier molecular flexibility index (Phi) is 7.79. The topological polar surface area (TPSA) is 83.6 Å². The number of ketones is 2. The van der Waals surface area contributed by atoms with Crippen molar-refractivity contribution in [1.29, 1.82) is 0 Å². The molecule has 2 aromatic carbocycles. The number of fused-ring (bicyclic) bond motifs is 1. The first-order valence-electron chi connectivity index (χ1n) is 11.4. The number of carbonyl (C=O) groups excluding carboxylic acids is 4. The molecule has 0 bridgehead atoms. The van der Waals surface area contributed by atoms with Crippen LogP contribution < -0.4 is 5.32 Å². The maximum Gasteiger partial charge on any atom is 0.255 e. The van der Waals surface area contributed by atoms with Gasteiger partial charge in [-0.25, -0.2) is 0 Å². The van der Waals surface area contributed by atoms with E-state index in [1.165, 1.54) is 19.4 Å². The molecule has 6 heteroatoms. The van der Waals surface area contributed by atoms with Gasteiger partial charge in [-0.3, -0.25) is 14.4 Å². The molecule has 1 unspecified atom stereocenters. The molecular formula is C27H32N2O4. The highest BCUT2D eigenvalue weighted by atomic mass is 16.2. The Hall–Kier alpha value is -3.28. The average Bonchev–Trinajstić information content (AvgIpc) is 3.08. The predicted octanol–water partition coefficient (Wildman–Crippen LogP) is 3.95. The lowest BCUT2D eigenvalue weighted by Crippen LogP contribution is -2.40. The lowest BCUT2D eigenvalue weighted by Gasteiger charge is -2.25. The number of nitrogens with zero attached hydrogens (tertiary/aromatic N) is 1.